The molecule has 2 aromatic rings. The molecule has 4 nitrogen and oxygen atoms in total. The lowest BCUT2D eigenvalue weighted by atomic mass is 9.85. The molecule has 1 aromatic carbocycles. The first-order valence-corrected chi connectivity index (χ1v) is 7.74. The van der Waals surface area contributed by atoms with Crippen molar-refractivity contribution in [3.63, 3.8) is 0 Å². The third kappa shape index (κ3) is 3.52. The van der Waals surface area contributed by atoms with Gasteiger partial charge in [0.25, 0.3) is 0 Å². The number of nitrogens with one attached hydrogen (secondary N) is 3. The maximum Gasteiger partial charge on any atom is 0.323 e. The second-order valence-corrected chi connectivity index (χ2v) is 7.23. The highest BCUT2D eigenvalue weighted by Crippen LogP contribution is 2.34. The molecule has 0 aliphatic rings. The summed E-state index contributed by atoms with van der Waals surface area (Å²) in [7, 11) is 0. The van der Waals surface area contributed by atoms with Gasteiger partial charge in [0, 0.05) is 10.5 Å². The van der Waals surface area contributed by atoms with E-state index in [1.807, 2.05) is 6.07 Å². The van der Waals surface area contributed by atoms with Gasteiger partial charge in [-0.2, -0.15) is 0 Å². The van der Waals surface area contributed by atoms with Crippen LogP contribution in [0.2, 0.25) is 0 Å². The van der Waals surface area contributed by atoms with E-state index in [1.54, 1.807) is 0 Å². The zero-order valence-electron chi connectivity index (χ0n) is 12.4. The van der Waals surface area contributed by atoms with Crippen LogP contribution < -0.4 is 11.0 Å². The number of hydrogen-bond donors (Lipinski definition) is 3. The normalized spacial score (nSPS) is 13.8. The van der Waals surface area contributed by atoms with Gasteiger partial charge in [0.1, 0.15) is 0 Å². The second kappa shape index (κ2) is 5.74. The van der Waals surface area contributed by atoms with E-state index >= 15 is 0 Å². The Labute approximate surface area is 127 Å². The van der Waals surface area contributed by atoms with Gasteiger partial charge in [0.15, 0.2) is 0 Å². The number of halogens is 1. The number of benzene rings is 1. The highest BCUT2D eigenvalue weighted by Gasteiger charge is 2.22. The molecule has 0 radical (unpaired) electrons. The molecule has 1 aromatic heterocycles. The Balaban J connectivity index is 2.46. The van der Waals surface area contributed by atoms with Crippen LogP contribution in [0.15, 0.2) is 21.4 Å². The van der Waals surface area contributed by atoms with Crippen molar-refractivity contribution in [3.05, 3.63) is 32.7 Å². The summed E-state index contributed by atoms with van der Waals surface area (Å²) in [6.07, 6.45) is 1.03. The van der Waals surface area contributed by atoms with Crippen molar-refractivity contribution in [2.24, 2.45) is 5.41 Å². The highest BCUT2D eigenvalue weighted by atomic mass is 79.9. The summed E-state index contributed by atoms with van der Waals surface area (Å²) in [5, 5.41) is 3.54. The molecule has 3 N–H and O–H groups in total. The molecule has 5 heteroatoms. The lowest BCUT2D eigenvalue weighted by Crippen LogP contribution is -2.25. The number of fused-ring (bicyclic) bond motifs is 1. The largest absolute Gasteiger partial charge is 0.323 e. The fourth-order valence-corrected chi connectivity index (χ4v) is 3.11. The first kappa shape index (κ1) is 15.3. The van der Waals surface area contributed by atoms with E-state index in [4.69, 9.17) is 0 Å². The second-order valence-electron chi connectivity index (χ2n) is 6.37. The zero-order valence-corrected chi connectivity index (χ0v) is 14.0. The average Bonchev–Trinajstić information content (AvgIpc) is 2.65. The maximum atomic E-state index is 11.4. The zero-order chi connectivity index (χ0) is 14.9. The third-order valence-electron chi connectivity index (χ3n) is 3.28. The van der Waals surface area contributed by atoms with Crippen LogP contribution in [0.3, 0.4) is 0 Å². The fourth-order valence-electron chi connectivity index (χ4n) is 2.49. The van der Waals surface area contributed by atoms with Crippen molar-refractivity contribution in [2.45, 2.75) is 40.2 Å². The minimum absolute atomic E-state index is 0.167. The molecule has 0 fully saturated rings. The van der Waals surface area contributed by atoms with E-state index < -0.39 is 0 Å². The van der Waals surface area contributed by atoms with Crippen molar-refractivity contribution in [3.8, 4) is 0 Å². The Morgan fingerprint density at radius 3 is 2.40 bits per heavy atom. The molecule has 0 aliphatic carbocycles. The van der Waals surface area contributed by atoms with Crippen LogP contribution in [-0.4, -0.2) is 16.5 Å². The van der Waals surface area contributed by atoms with Crippen LogP contribution in [0.25, 0.3) is 11.0 Å². The third-order valence-corrected chi connectivity index (χ3v) is 3.96. The van der Waals surface area contributed by atoms with Gasteiger partial charge in [0.05, 0.1) is 11.0 Å². The maximum absolute atomic E-state index is 11.4. The van der Waals surface area contributed by atoms with Gasteiger partial charge in [-0.15, -0.1) is 0 Å². The number of aromatic nitrogens is 2. The smallest absolute Gasteiger partial charge is 0.310 e. The van der Waals surface area contributed by atoms with Crippen LogP contribution in [-0.2, 0) is 0 Å². The van der Waals surface area contributed by atoms with Crippen molar-refractivity contribution in [1.29, 1.82) is 0 Å². The minimum Gasteiger partial charge on any atom is -0.310 e. The van der Waals surface area contributed by atoms with E-state index in [2.05, 4.69) is 65.0 Å². The van der Waals surface area contributed by atoms with E-state index in [0.29, 0.717) is 0 Å². The molecule has 0 spiro atoms. The molecule has 1 unspecified atom stereocenters. The van der Waals surface area contributed by atoms with Gasteiger partial charge in [0.2, 0.25) is 0 Å². The summed E-state index contributed by atoms with van der Waals surface area (Å²) < 4.78 is 1.02. The lowest BCUT2D eigenvalue weighted by Gasteiger charge is -2.27. The first-order valence-electron chi connectivity index (χ1n) is 6.95. The Hall–Kier alpha value is -1.07. The van der Waals surface area contributed by atoms with Crippen LogP contribution in [0.1, 0.15) is 45.7 Å². The van der Waals surface area contributed by atoms with Crippen molar-refractivity contribution in [1.82, 2.24) is 15.3 Å². The monoisotopic (exact) mass is 339 g/mol. The number of rotatable bonds is 4. The van der Waals surface area contributed by atoms with Crippen LogP contribution >= 0.6 is 15.9 Å². The van der Waals surface area contributed by atoms with Crippen LogP contribution in [0.4, 0.5) is 0 Å². The molecule has 0 amide bonds. The van der Waals surface area contributed by atoms with E-state index in [-0.39, 0.29) is 17.1 Å². The molecule has 110 valence electrons. The van der Waals surface area contributed by atoms with Crippen LogP contribution in [0, 0.1) is 5.41 Å². The van der Waals surface area contributed by atoms with Crippen molar-refractivity contribution < 1.29 is 0 Å². The average molecular weight is 340 g/mol. The van der Waals surface area contributed by atoms with Crippen molar-refractivity contribution in [2.75, 3.05) is 6.54 Å². The number of H-pyrrole nitrogens is 2. The van der Waals surface area contributed by atoms with Gasteiger partial charge in [-0.3, -0.25) is 0 Å². The van der Waals surface area contributed by atoms with Gasteiger partial charge in [-0.05, 0) is 36.1 Å². The molecule has 0 aliphatic heterocycles. The summed E-state index contributed by atoms with van der Waals surface area (Å²) in [6.45, 7) is 9.74. The SMILES string of the molecule is CCNC(CC(C)(C)C)c1cc2[nH]c(=O)[nH]c2cc1Br. The van der Waals surface area contributed by atoms with E-state index in [9.17, 15) is 4.79 Å². The summed E-state index contributed by atoms with van der Waals surface area (Å²) >= 11 is 3.63. The van der Waals surface area contributed by atoms with E-state index in [0.717, 1.165) is 28.5 Å². The van der Waals surface area contributed by atoms with Gasteiger partial charge in [-0.25, -0.2) is 4.79 Å². The first-order chi connectivity index (χ1) is 9.30. The quantitative estimate of drug-likeness (QED) is 0.795. The molecule has 1 atom stereocenters. The molecule has 20 heavy (non-hydrogen) atoms. The molecule has 0 bridgehead atoms. The molecular formula is C15H22BrN3O. The Kier molecular flexibility index (Phi) is 4.39. The summed E-state index contributed by atoms with van der Waals surface area (Å²) in [5.74, 6) is 0. The predicted octanol–water partition coefficient (Wildman–Crippen LogP) is 3.71. The molecule has 0 saturated heterocycles. The number of imidazole rings is 1. The van der Waals surface area contributed by atoms with Crippen LogP contribution in [0.5, 0.6) is 0 Å². The number of aromatic amines is 2. The molecule has 1 heterocycles. The van der Waals surface area contributed by atoms with Gasteiger partial charge in [-0.1, -0.05) is 43.6 Å². The Bertz CT molecular complexity index is 651. The fraction of sp³-hybridized carbons (Fsp3) is 0.533. The molecule has 2 rings (SSSR count). The van der Waals surface area contributed by atoms with E-state index in [1.165, 1.54) is 5.56 Å². The predicted molar refractivity (Wildman–Crippen MR) is 87.1 cm³/mol. The lowest BCUT2D eigenvalue weighted by molar-refractivity contribution is 0.314. The Morgan fingerprint density at radius 2 is 1.85 bits per heavy atom. The van der Waals surface area contributed by atoms with Crippen molar-refractivity contribution >= 4 is 27.0 Å². The minimum atomic E-state index is -0.167. The molecular weight excluding hydrogens is 318 g/mol. The summed E-state index contributed by atoms with van der Waals surface area (Å²) in [4.78, 5) is 17.0. The standard InChI is InChI=1S/C15H22BrN3O/c1-5-17-13(8-15(2,3)4)9-6-11-12(7-10(9)16)19-14(20)18-11/h6-7,13,17H,5,8H2,1-4H3,(H2,18,19,20). The Morgan fingerprint density at radius 1 is 1.25 bits per heavy atom. The molecule has 0 saturated carbocycles. The summed E-state index contributed by atoms with van der Waals surface area (Å²) in [6, 6.07) is 4.28. The number of hydrogen-bond acceptors (Lipinski definition) is 2. The summed E-state index contributed by atoms with van der Waals surface area (Å²) in [5.41, 5.74) is 2.93. The highest BCUT2D eigenvalue weighted by molar-refractivity contribution is 9.10. The van der Waals surface area contributed by atoms with Gasteiger partial charge >= 0.3 is 5.69 Å². The topological polar surface area (TPSA) is 60.7 Å². The van der Waals surface area contributed by atoms with Gasteiger partial charge < -0.3 is 15.3 Å².